The zero-order valence-corrected chi connectivity index (χ0v) is 26.2. The first-order valence-corrected chi connectivity index (χ1v) is 14.8. The summed E-state index contributed by atoms with van der Waals surface area (Å²) in [5.41, 5.74) is 0.975. The van der Waals surface area contributed by atoms with Crippen LogP contribution in [0.2, 0.25) is 10.0 Å². The third kappa shape index (κ3) is 6.54. The number of aromatic nitrogens is 2. The molecule has 0 radical (unpaired) electrons. The van der Waals surface area contributed by atoms with E-state index in [1.807, 2.05) is 0 Å². The standard InChI is InChI=1S/C32H31Cl2FN4O6/c1-38-15-22(31(42)39(2)32(38)43)30(41)37-25-9-5-8-20(29(25)34)19-7-4-6-18(28(19)33)17-12-23(35)21(27(13-17)44-3)14-36-24-10-11-45-16-26(24)40/h4-9,12-13,15,24,26,36,40H,10-11,14,16H2,1-3H3,(H,37,41)/t24-,26+/m1/s1. The van der Waals surface area contributed by atoms with Gasteiger partial charge in [0, 0.05) is 61.7 Å². The van der Waals surface area contributed by atoms with Crippen LogP contribution in [0.15, 0.2) is 64.3 Å². The summed E-state index contributed by atoms with van der Waals surface area (Å²) in [5.74, 6) is -0.937. The second-order valence-electron chi connectivity index (χ2n) is 10.6. The summed E-state index contributed by atoms with van der Waals surface area (Å²) in [6.07, 6.45) is 1.08. The smallest absolute Gasteiger partial charge is 0.330 e. The number of carbonyl (C=O) groups excluding carboxylic acids is 1. The Morgan fingerprint density at radius 1 is 1.09 bits per heavy atom. The van der Waals surface area contributed by atoms with E-state index in [0.717, 1.165) is 9.13 Å². The Morgan fingerprint density at radius 3 is 2.49 bits per heavy atom. The normalized spacial score (nSPS) is 16.4. The minimum Gasteiger partial charge on any atom is -0.496 e. The average Bonchev–Trinajstić information content (AvgIpc) is 3.02. The van der Waals surface area contributed by atoms with Crippen molar-refractivity contribution in [3.8, 4) is 28.0 Å². The molecule has 2 heterocycles. The number of methoxy groups -OCH3 is 1. The Morgan fingerprint density at radius 2 is 1.78 bits per heavy atom. The molecule has 0 saturated carbocycles. The van der Waals surface area contributed by atoms with Crippen LogP contribution in [0.3, 0.4) is 0 Å². The highest BCUT2D eigenvalue weighted by Gasteiger charge is 2.25. The fourth-order valence-corrected chi connectivity index (χ4v) is 5.88. The molecule has 3 N–H and O–H groups in total. The molecule has 1 amide bonds. The minimum atomic E-state index is -0.746. The number of nitrogens with zero attached hydrogens (tertiary/aromatic N) is 2. The predicted octanol–water partition coefficient (Wildman–Crippen LogP) is 4.36. The summed E-state index contributed by atoms with van der Waals surface area (Å²) in [6, 6.07) is 13.0. The predicted molar refractivity (Wildman–Crippen MR) is 171 cm³/mol. The lowest BCUT2D eigenvalue weighted by molar-refractivity contribution is -0.0281. The fourth-order valence-electron chi connectivity index (χ4n) is 5.27. The second kappa shape index (κ2) is 13.6. The number of rotatable bonds is 8. The van der Waals surface area contributed by atoms with E-state index in [0.29, 0.717) is 46.6 Å². The van der Waals surface area contributed by atoms with E-state index in [9.17, 15) is 19.5 Å². The van der Waals surface area contributed by atoms with Crippen LogP contribution in [0.4, 0.5) is 10.1 Å². The number of aliphatic hydroxyl groups excluding tert-OH is 1. The van der Waals surface area contributed by atoms with Gasteiger partial charge in [0.2, 0.25) is 0 Å². The third-order valence-electron chi connectivity index (χ3n) is 7.78. The van der Waals surface area contributed by atoms with Crippen LogP contribution in [-0.2, 0) is 25.4 Å². The van der Waals surface area contributed by atoms with Gasteiger partial charge in [0.25, 0.3) is 11.5 Å². The van der Waals surface area contributed by atoms with Gasteiger partial charge in [0.05, 0.1) is 35.6 Å². The van der Waals surface area contributed by atoms with Crippen LogP contribution in [0.5, 0.6) is 5.75 Å². The maximum absolute atomic E-state index is 15.5. The van der Waals surface area contributed by atoms with Crippen LogP contribution in [0.1, 0.15) is 22.3 Å². The highest BCUT2D eigenvalue weighted by Crippen LogP contribution is 2.42. The van der Waals surface area contributed by atoms with Gasteiger partial charge >= 0.3 is 5.69 Å². The van der Waals surface area contributed by atoms with Crippen LogP contribution < -0.4 is 26.6 Å². The molecule has 4 aromatic rings. The summed E-state index contributed by atoms with van der Waals surface area (Å²) in [5, 5.41) is 16.5. The summed E-state index contributed by atoms with van der Waals surface area (Å²) in [7, 11) is 4.17. The number of anilines is 1. The van der Waals surface area contributed by atoms with Crippen molar-refractivity contribution >= 4 is 34.8 Å². The molecule has 1 aliphatic heterocycles. The molecule has 0 spiro atoms. The van der Waals surface area contributed by atoms with Gasteiger partial charge in [-0.3, -0.25) is 14.2 Å². The van der Waals surface area contributed by atoms with E-state index in [2.05, 4.69) is 10.6 Å². The lowest BCUT2D eigenvalue weighted by Crippen LogP contribution is -2.46. The van der Waals surface area contributed by atoms with E-state index in [4.69, 9.17) is 32.7 Å². The molecule has 1 aliphatic rings. The van der Waals surface area contributed by atoms with Gasteiger partial charge in [-0.15, -0.1) is 0 Å². The third-order valence-corrected chi connectivity index (χ3v) is 8.59. The number of hydrogen-bond acceptors (Lipinski definition) is 7. The maximum Gasteiger partial charge on any atom is 0.330 e. The molecule has 0 unspecified atom stereocenters. The number of aryl methyl sites for hydroxylation is 1. The van der Waals surface area contributed by atoms with Gasteiger partial charge in [-0.05, 0) is 30.2 Å². The number of nitrogens with one attached hydrogen (secondary N) is 2. The first-order valence-electron chi connectivity index (χ1n) is 14.0. The molecule has 2 atom stereocenters. The lowest BCUT2D eigenvalue weighted by atomic mass is 9.97. The van der Waals surface area contributed by atoms with Gasteiger partial charge in [0.15, 0.2) is 0 Å². The van der Waals surface area contributed by atoms with E-state index in [1.54, 1.807) is 42.5 Å². The highest BCUT2D eigenvalue weighted by molar-refractivity contribution is 6.39. The largest absolute Gasteiger partial charge is 0.496 e. The molecule has 0 aliphatic carbocycles. The van der Waals surface area contributed by atoms with Crippen molar-refractivity contribution in [3.05, 3.63) is 103 Å². The zero-order valence-electron chi connectivity index (χ0n) is 24.7. The summed E-state index contributed by atoms with van der Waals surface area (Å²) in [4.78, 5) is 37.6. The van der Waals surface area contributed by atoms with Crippen molar-refractivity contribution < 1.29 is 23.8 Å². The molecule has 236 valence electrons. The van der Waals surface area contributed by atoms with Gasteiger partial charge in [0.1, 0.15) is 17.1 Å². The van der Waals surface area contributed by atoms with Crippen LogP contribution in [0, 0.1) is 5.82 Å². The van der Waals surface area contributed by atoms with Crippen LogP contribution >= 0.6 is 23.2 Å². The Hall–Kier alpha value is -4.00. The number of carbonyl (C=O) groups is 1. The molecule has 1 aromatic heterocycles. The fraction of sp³-hybridized carbons (Fsp3) is 0.281. The Labute approximate surface area is 267 Å². The Kier molecular flexibility index (Phi) is 9.76. The molecule has 5 rings (SSSR count). The Balaban J connectivity index is 1.45. The van der Waals surface area contributed by atoms with Gasteiger partial charge < -0.3 is 29.8 Å². The van der Waals surface area contributed by atoms with Crippen molar-refractivity contribution in [1.29, 1.82) is 0 Å². The molecule has 0 bridgehead atoms. The summed E-state index contributed by atoms with van der Waals surface area (Å²) < 4.78 is 28.3. The van der Waals surface area contributed by atoms with Gasteiger partial charge in [-0.1, -0.05) is 53.5 Å². The number of aliphatic hydroxyl groups is 1. The summed E-state index contributed by atoms with van der Waals surface area (Å²) in [6.45, 7) is 0.875. The van der Waals surface area contributed by atoms with E-state index < -0.39 is 29.1 Å². The monoisotopic (exact) mass is 656 g/mol. The number of benzene rings is 3. The highest BCUT2D eigenvalue weighted by atomic mass is 35.5. The summed E-state index contributed by atoms with van der Waals surface area (Å²) >= 11 is 13.7. The number of hydrogen-bond donors (Lipinski definition) is 3. The lowest BCUT2D eigenvalue weighted by Gasteiger charge is -2.29. The minimum absolute atomic E-state index is 0.143. The molecule has 10 nitrogen and oxygen atoms in total. The van der Waals surface area contributed by atoms with Crippen molar-refractivity contribution in [2.75, 3.05) is 25.6 Å². The number of amides is 1. The molecule has 1 fully saturated rings. The van der Waals surface area contributed by atoms with E-state index in [-0.39, 0.29) is 40.5 Å². The average molecular weight is 658 g/mol. The van der Waals surface area contributed by atoms with Crippen molar-refractivity contribution in [2.24, 2.45) is 14.1 Å². The molecular formula is C32H31Cl2FN4O6. The first kappa shape index (κ1) is 32.4. The van der Waals surface area contributed by atoms with Crippen LogP contribution in [0.25, 0.3) is 22.3 Å². The molecule has 3 aromatic carbocycles. The molecule has 45 heavy (non-hydrogen) atoms. The SMILES string of the molecule is COc1cc(-c2cccc(-c3cccc(NC(=O)c4cn(C)c(=O)n(C)c4=O)c3Cl)c2Cl)cc(F)c1CN[C@@H]1CCOC[C@@H]1O. The quantitative estimate of drug-likeness (QED) is 0.257. The zero-order chi connectivity index (χ0) is 32.4. The van der Waals surface area contributed by atoms with Crippen molar-refractivity contribution in [1.82, 2.24) is 14.5 Å². The van der Waals surface area contributed by atoms with Gasteiger partial charge in [-0.2, -0.15) is 0 Å². The first-order chi connectivity index (χ1) is 21.5. The van der Waals surface area contributed by atoms with Crippen molar-refractivity contribution in [2.45, 2.75) is 25.1 Å². The topological polar surface area (TPSA) is 124 Å². The Bertz CT molecular complexity index is 1890. The molecule has 13 heteroatoms. The molecule has 1 saturated heterocycles. The number of ether oxygens (including phenoxy) is 2. The van der Waals surface area contributed by atoms with Gasteiger partial charge in [-0.25, -0.2) is 9.18 Å². The van der Waals surface area contributed by atoms with Crippen molar-refractivity contribution in [3.63, 3.8) is 0 Å². The maximum atomic E-state index is 15.5. The second-order valence-corrected chi connectivity index (χ2v) is 11.4. The van der Waals surface area contributed by atoms with E-state index >= 15 is 4.39 Å². The van der Waals surface area contributed by atoms with Crippen LogP contribution in [-0.4, -0.2) is 52.6 Å². The number of halogens is 3. The molecular weight excluding hydrogens is 626 g/mol. The van der Waals surface area contributed by atoms with E-state index in [1.165, 1.54) is 33.5 Å².